The first-order valence-corrected chi connectivity index (χ1v) is 7.79. The number of aliphatic hydroxyl groups is 1. The molecule has 0 bridgehead atoms. The summed E-state index contributed by atoms with van der Waals surface area (Å²) in [5.41, 5.74) is 0.462. The topological polar surface area (TPSA) is 77.5 Å². The van der Waals surface area contributed by atoms with Gasteiger partial charge in [-0.05, 0) is 48.5 Å². The van der Waals surface area contributed by atoms with Gasteiger partial charge in [0.15, 0.2) is 0 Å². The van der Waals surface area contributed by atoms with Crippen LogP contribution in [0.25, 0.3) is 11.5 Å². The van der Waals surface area contributed by atoms with Crippen LogP contribution < -0.4 is 10.5 Å². The highest BCUT2D eigenvalue weighted by Crippen LogP contribution is 2.17. The number of hydrogen-bond acceptors (Lipinski definition) is 5. The Balaban J connectivity index is 1.63. The average Bonchev–Trinajstić information content (AvgIpc) is 2.95. The van der Waals surface area contributed by atoms with Crippen LogP contribution in [0.5, 0.6) is 5.75 Å². The molecule has 2 aromatic carbocycles. The van der Waals surface area contributed by atoms with Gasteiger partial charge >= 0.3 is 5.76 Å². The van der Waals surface area contributed by atoms with Gasteiger partial charge in [0, 0.05) is 10.6 Å². The van der Waals surface area contributed by atoms with Gasteiger partial charge in [-0.1, -0.05) is 11.6 Å². The van der Waals surface area contributed by atoms with Gasteiger partial charge in [-0.15, -0.1) is 5.10 Å². The molecule has 0 fully saturated rings. The Bertz CT molecular complexity index is 890. The summed E-state index contributed by atoms with van der Waals surface area (Å²) in [5.74, 6) is -0.524. The number of hydrogen-bond donors (Lipinski definition) is 1. The van der Waals surface area contributed by atoms with Crippen molar-refractivity contribution in [1.82, 2.24) is 9.78 Å². The third kappa shape index (κ3) is 4.46. The third-order valence-corrected chi connectivity index (χ3v) is 3.59. The predicted molar refractivity (Wildman–Crippen MR) is 89.1 cm³/mol. The van der Waals surface area contributed by atoms with Crippen molar-refractivity contribution >= 4 is 11.6 Å². The molecule has 0 radical (unpaired) electrons. The van der Waals surface area contributed by atoms with E-state index in [4.69, 9.17) is 20.8 Å². The molecule has 25 heavy (non-hydrogen) atoms. The fourth-order valence-electron chi connectivity index (χ4n) is 2.11. The number of aromatic nitrogens is 2. The molecule has 3 rings (SSSR count). The van der Waals surface area contributed by atoms with Gasteiger partial charge in [0.05, 0.1) is 6.54 Å². The maximum Gasteiger partial charge on any atom is 0.437 e. The number of rotatable bonds is 6. The second-order valence-electron chi connectivity index (χ2n) is 5.28. The average molecular weight is 365 g/mol. The van der Waals surface area contributed by atoms with Crippen LogP contribution >= 0.6 is 11.6 Å². The molecular formula is C17H14ClFN2O4. The molecule has 0 aliphatic carbocycles. The molecule has 1 aromatic heterocycles. The lowest BCUT2D eigenvalue weighted by Gasteiger charge is -2.11. The van der Waals surface area contributed by atoms with E-state index in [2.05, 4.69) is 5.10 Å². The molecule has 0 saturated heterocycles. The number of halogens is 2. The highest BCUT2D eigenvalue weighted by atomic mass is 35.5. The maximum absolute atomic E-state index is 12.9. The second-order valence-corrected chi connectivity index (χ2v) is 5.72. The molecule has 0 spiro atoms. The molecular weight excluding hydrogens is 351 g/mol. The Labute approximate surface area is 147 Å². The lowest BCUT2D eigenvalue weighted by Crippen LogP contribution is -2.29. The van der Waals surface area contributed by atoms with E-state index in [1.165, 1.54) is 24.3 Å². The summed E-state index contributed by atoms with van der Waals surface area (Å²) in [6.07, 6.45) is -0.973. The van der Waals surface area contributed by atoms with Gasteiger partial charge in [0.25, 0.3) is 0 Å². The van der Waals surface area contributed by atoms with Crippen molar-refractivity contribution in [1.29, 1.82) is 0 Å². The fraction of sp³-hybridized carbons (Fsp3) is 0.176. The highest BCUT2D eigenvalue weighted by molar-refractivity contribution is 6.30. The van der Waals surface area contributed by atoms with Crippen LogP contribution in [0.3, 0.4) is 0 Å². The Hall–Kier alpha value is -2.64. The van der Waals surface area contributed by atoms with Gasteiger partial charge in [0.2, 0.25) is 5.89 Å². The zero-order valence-corrected chi connectivity index (χ0v) is 13.7. The summed E-state index contributed by atoms with van der Waals surface area (Å²) >= 11 is 5.78. The van der Waals surface area contributed by atoms with Crippen LogP contribution in [0.2, 0.25) is 5.02 Å². The monoisotopic (exact) mass is 364 g/mol. The number of aliphatic hydroxyl groups excluding tert-OH is 1. The van der Waals surface area contributed by atoms with E-state index in [-0.39, 0.29) is 19.0 Å². The molecule has 0 amide bonds. The van der Waals surface area contributed by atoms with Crippen molar-refractivity contribution in [3.05, 3.63) is 69.9 Å². The van der Waals surface area contributed by atoms with E-state index >= 15 is 0 Å². The first kappa shape index (κ1) is 17.2. The Morgan fingerprint density at radius 1 is 1.20 bits per heavy atom. The minimum Gasteiger partial charge on any atom is -0.491 e. The molecule has 0 aliphatic heterocycles. The summed E-state index contributed by atoms with van der Waals surface area (Å²) in [5, 5.41) is 14.6. The first-order valence-electron chi connectivity index (χ1n) is 7.41. The summed E-state index contributed by atoms with van der Waals surface area (Å²) in [6, 6.07) is 12.1. The highest BCUT2D eigenvalue weighted by Gasteiger charge is 2.14. The summed E-state index contributed by atoms with van der Waals surface area (Å²) in [6.45, 7) is -0.135. The molecule has 1 atom stereocenters. The second kappa shape index (κ2) is 7.50. The van der Waals surface area contributed by atoms with Crippen LogP contribution in [-0.2, 0) is 6.54 Å². The van der Waals surface area contributed by atoms with Crippen molar-refractivity contribution in [2.75, 3.05) is 6.61 Å². The number of nitrogens with zero attached hydrogens (tertiary/aromatic N) is 2. The molecule has 0 aliphatic rings. The van der Waals surface area contributed by atoms with Crippen LogP contribution in [-0.4, -0.2) is 27.6 Å². The lowest BCUT2D eigenvalue weighted by molar-refractivity contribution is 0.0875. The smallest absolute Gasteiger partial charge is 0.437 e. The maximum atomic E-state index is 12.9. The van der Waals surface area contributed by atoms with Gasteiger partial charge in [-0.3, -0.25) is 0 Å². The molecule has 6 nitrogen and oxygen atoms in total. The van der Waals surface area contributed by atoms with Crippen molar-refractivity contribution in [2.24, 2.45) is 0 Å². The quantitative estimate of drug-likeness (QED) is 0.727. The van der Waals surface area contributed by atoms with Gasteiger partial charge in [0.1, 0.15) is 24.3 Å². The van der Waals surface area contributed by atoms with E-state index < -0.39 is 17.7 Å². The van der Waals surface area contributed by atoms with Crippen molar-refractivity contribution in [2.45, 2.75) is 12.6 Å². The first-order chi connectivity index (χ1) is 12.0. The summed E-state index contributed by atoms with van der Waals surface area (Å²) in [7, 11) is 0. The van der Waals surface area contributed by atoms with E-state index in [0.29, 0.717) is 16.3 Å². The SMILES string of the molecule is O=c1oc(-c2ccc(F)cc2)nn1CC(O)COc1ccc(Cl)cc1. The van der Waals surface area contributed by atoms with Crippen molar-refractivity contribution < 1.29 is 18.7 Å². The van der Waals surface area contributed by atoms with E-state index in [9.17, 15) is 14.3 Å². The lowest BCUT2D eigenvalue weighted by atomic mass is 10.2. The summed E-state index contributed by atoms with van der Waals surface area (Å²) in [4.78, 5) is 11.8. The van der Waals surface area contributed by atoms with Crippen LogP contribution in [0.15, 0.2) is 57.7 Å². The zero-order valence-electron chi connectivity index (χ0n) is 12.9. The van der Waals surface area contributed by atoms with Crippen molar-refractivity contribution in [3.8, 4) is 17.2 Å². The third-order valence-electron chi connectivity index (χ3n) is 3.34. The molecule has 8 heteroatoms. The number of benzene rings is 2. The van der Waals surface area contributed by atoms with Gasteiger partial charge in [-0.2, -0.15) is 4.68 Å². The predicted octanol–water partition coefficient (Wildman–Crippen LogP) is 2.74. The van der Waals surface area contributed by atoms with E-state index in [1.807, 2.05) is 0 Å². The van der Waals surface area contributed by atoms with Gasteiger partial charge < -0.3 is 14.3 Å². The minimum atomic E-state index is -0.973. The Morgan fingerprint density at radius 2 is 1.88 bits per heavy atom. The van der Waals surface area contributed by atoms with E-state index in [1.54, 1.807) is 24.3 Å². The molecule has 1 heterocycles. The molecule has 0 saturated carbocycles. The normalized spacial score (nSPS) is 12.1. The number of ether oxygens (including phenoxy) is 1. The largest absolute Gasteiger partial charge is 0.491 e. The van der Waals surface area contributed by atoms with Gasteiger partial charge in [-0.25, -0.2) is 9.18 Å². The Morgan fingerprint density at radius 3 is 2.56 bits per heavy atom. The zero-order chi connectivity index (χ0) is 17.8. The van der Waals surface area contributed by atoms with Crippen molar-refractivity contribution in [3.63, 3.8) is 0 Å². The van der Waals surface area contributed by atoms with Crippen LogP contribution in [0.1, 0.15) is 0 Å². The standard InChI is InChI=1S/C17H14ClFN2O4/c18-12-3-7-15(8-4-12)24-10-14(22)9-21-17(23)25-16(20-21)11-1-5-13(19)6-2-11/h1-8,14,22H,9-10H2. The van der Waals surface area contributed by atoms with Crippen LogP contribution in [0.4, 0.5) is 4.39 Å². The molecule has 3 aromatic rings. The fourth-order valence-corrected chi connectivity index (χ4v) is 2.23. The minimum absolute atomic E-state index is 0.0349. The van der Waals surface area contributed by atoms with E-state index in [0.717, 1.165) is 4.68 Å². The Kier molecular flexibility index (Phi) is 5.16. The molecule has 1 unspecified atom stereocenters. The summed E-state index contributed by atoms with van der Waals surface area (Å²) < 4.78 is 24.4. The van der Waals surface area contributed by atoms with Crippen LogP contribution in [0, 0.1) is 5.82 Å². The molecule has 130 valence electrons. The molecule has 1 N–H and O–H groups in total.